The van der Waals surface area contributed by atoms with Gasteiger partial charge in [0.05, 0.1) is 29.1 Å². The number of phenols is 1. The minimum absolute atomic E-state index is 0.00582. The lowest BCUT2D eigenvalue weighted by atomic mass is 9.59. The number of hydrogen-bond acceptors (Lipinski definition) is 6. The van der Waals surface area contributed by atoms with Crippen molar-refractivity contribution in [1.82, 2.24) is 0 Å². The molecule has 0 radical (unpaired) electrons. The lowest BCUT2D eigenvalue weighted by molar-refractivity contribution is -0.123. The normalized spacial score (nSPS) is 26.6. The van der Waals surface area contributed by atoms with E-state index >= 15 is 0 Å². The molecule has 4 atom stereocenters. The Hall–Kier alpha value is -3.49. The van der Waals surface area contributed by atoms with Gasteiger partial charge in [-0.15, -0.1) is 0 Å². The second kappa shape index (κ2) is 9.06. The monoisotopic (exact) mass is 593 g/mol. The van der Waals surface area contributed by atoms with E-state index in [9.17, 15) is 24.3 Å². The predicted molar refractivity (Wildman–Crippen MR) is 143 cm³/mol. The number of carbonyl (C=O) groups is 4. The van der Waals surface area contributed by atoms with Crippen molar-refractivity contribution in [2.45, 2.75) is 18.8 Å². The summed E-state index contributed by atoms with van der Waals surface area (Å²) in [6.45, 7) is 0. The molecule has 2 aromatic carbocycles. The van der Waals surface area contributed by atoms with Crippen LogP contribution in [0.15, 0.2) is 75.8 Å². The van der Waals surface area contributed by atoms with Crippen LogP contribution in [0.5, 0.6) is 11.5 Å². The van der Waals surface area contributed by atoms with Gasteiger partial charge in [-0.3, -0.25) is 24.1 Å². The Morgan fingerprint density at radius 2 is 1.76 bits per heavy atom. The third kappa shape index (κ3) is 3.61. The molecule has 6 rings (SSSR count). The van der Waals surface area contributed by atoms with Crippen molar-refractivity contribution in [3.05, 3.63) is 86.4 Å². The molecule has 0 aromatic heterocycles. The van der Waals surface area contributed by atoms with Crippen LogP contribution in [0.4, 0.5) is 5.69 Å². The molecule has 3 aliphatic carbocycles. The first-order valence-electron chi connectivity index (χ1n) is 12.1. The third-order valence-corrected chi connectivity index (χ3v) is 8.79. The highest BCUT2D eigenvalue weighted by Crippen LogP contribution is 2.56. The number of rotatable bonds is 3. The molecule has 4 aliphatic rings. The van der Waals surface area contributed by atoms with Gasteiger partial charge in [-0.2, -0.15) is 0 Å². The highest BCUT2D eigenvalue weighted by Gasteiger charge is 2.56. The molecule has 0 unspecified atom stereocenters. The summed E-state index contributed by atoms with van der Waals surface area (Å²) in [6.07, 6.45) is 3.71. The van der Waals surface area contributed by atoms with Crippen LogP contribution in [0.25, 0.3) is 0 Å². The summed E-state index contributed by atoms with van der Waals surface area (Å²) in [4.78, 5) is 55.3. The Kier molecular flexibility index (Phi) is 5.92. The molecule has 1 heterocycles. The fourth-order valence-corrected chi connectivity index (χ4v) is 6.92. The standard InChI is InChI=1S/C29H21BrClNO6/c1-38-23-10-15(33)6-7-17(23)24-16-8-9-18-25(19(16)11-20-26(24)22(34)12-21(30)27(20)35)29(37)32(28(18)36)14-4-2-13(31)3-5-14/h2-8,10,12,18-19,24-25,33H,9,11H2,1H3/t18-,19+,24+,25-/m0/s1. The zero-order valence-corrected chi connectivity index (χ0v) is 22.5. The van der Waals surface area contributed by atoms with E-state index in [-0.39, 0.29) is 40.0 Å². The van der Waals surface area contributed by atoms with E-state index in [0.29, 0.717) is 39.6 Å². The average molecular weight is 595 g/mol. The van der Waals surface area contributed by atoms with E-state index in [0.717, 1.165) is 5.57 Å². The van der Waals surface area contributed by atoms with Crippen molar-refractivity contribution < 1.29 is 29.0 Å². The second-order valence-corrected chi connectivity index (χ2v) is 11.1. The van der Waals surface area contributed by atoms with Crippen LogP contribution in [-0.2, 0) is 19.2 Å². The quantitative estimate of drug-likeness (QED) is 0.304. The van der Waals surface area contributed by atoms with E-state index < -0.39 is 23.7 Å². The Bertz CT molecular complexity index is 1540. The molecule has 0 bridgehead atoms. The Balaban J connectivity index is 1.51. The number of imide groups is 1. The molecule has 192 valence electrons. The highest BCUT2D eigenvalue weighted by atomic mass is 79.9. The number of benzene rings is 2. The van der Waals surface area contributed by atoms with Crippen molar-refractivity contribution >= 4 is 56.6 Å². The molecule has 1 N–H and O–H groups in total. The molecular formula is C29H21BrClNO6. The van der Waals surface area contributed by atoms with E-state index in [1.807, 2.05) is 6.08 Å². The van der Waals surface area contributed by atoms with Gasteiger partial charge in [-0.25, -0.2) is 0 Å². The summed E-state index contributed by atoms with van der Waals surface area (Å²) >= 11 is 9.25. The summed E-state index contributed by atoms with van der Waals surface area (Å²) in [5.74, 6) is -3.29. The van der Waals surface area contributed by atoms with Crippen molar-refractivity contribution in [3.8, 4) is 11.5 Å². The van der Waals surface area contributed by atoms with Crippen LogP contribution < -0.4 is 9.64 Å². The van der Waals surface area contributed by atoms with Crippen LogP contribution in [0.1, 0.15) is 24.3 Å². The maximum absolute atomic E-state index is 13.9. The molecule has 7 nitrogen and oxygen atoms in total. The lowest BCUT2D eigenvalue weighted by Gasteiger charge is -2.42. The van der Waals surface area contributed by atoms with Gasteiger partial charge in [0.2, 0.25) is 11.8 Å². The van der Waals surface area contributed by atoms with Crippen molar-refractivity contribution in [1.29, 1.82) is 0 Å². The molecule has 1 saturated heterocycles. The van der Waals surface area contributed by atoms with E-state index in [1.165, 1.54) is 30.2 Å². The third-order valence-electron chi connectivity index (χ3n) is 7.94. The Labute approximate surface area is 231 Å². The Morgan fingerprint density at radius 1 is 1.03 bits per heavy atom. The molecule has 0 saturated carbocycles. The van der Waals surface area contributed by atoms with Gasteiger partial charge >= 0.3 is 0 Å². The van der Waals surface area contributed by atoms with Crippen molar-refractivity contribution in [3.63, 3.8) is 0 Å². The number of amides is 2. The van der Waals surface area contributed by atoms with Crippen LogP contribution >= 0.6 is 27.5 Å². The van der Waals surface area contributed by atoms with Gasteiger partial charge in [0.1, 0.15) is 11.5 Å². The van der Waals surface area contributed by atoms with Crippen LogP contribution in [0.2, 0.25) is 5.02 Å². The summed E-state index contributed by atoms with van der Waals surface area (Å²) < 4.78 is 5.72. The molecule has 1 fully saturated rings. The van der Waals surface area contributed by atoms with Crippen LogP contribution in [0, 0.1) is 17.8 Å². The van der Waals surface area contributed by atoms with E-state index in [4.69, 9.17) is 16.3 Å². The number of fused-ring (bicyclic) bond motifs is 3. The minimum Gasteiger partial charge on any atom is -0.508 e. The fourth-order valence-electron chi connectivity index (χ4n) is 6.34. The molecule has 1 aliphatic heterocycles. The first-order valence-corrected chi connectivity index (χ1v) is 13.3. The zero-order valence-electron chi connectivity index (χ0n) is 20.1. The number of phenolic OH excluding ortho intramolecular Hbond substituents is 1. The number of methoxy groups -OCH3 is 1. The van der Waals surface area contributed by atoms with Gasteiger partial charge in [0.25, 0.3) is 0 Å². The number of carbonyl (C=O) groups excluding carboxylic acids is 4. The predicted octanol–water partition coefficient (Wildman–Crippen LogP) is 5.02. The summed E-state index contributed by atoms with van der Waals surface area (Å²) in [5, 5.41) is 10.6. The maximum atomic E-state index is 13.9. The number of nitrogens with zero attached hydrogens (tertiary/aromatic N) is 1. The number of ketones is 2. The van der Waals surface area contributed by atoms with Gasteiger partial charge in [0, 0.05) is 39.8 Å². The summed E-state index contributed by atoms with van der Waals surface area (Å²) in [5.41, 5.74) is 2.53. The van der Waals surface area contributed by atoms with Gasteiger partial charge in [-0.05, 0) is 65.0 Å². The average Bonchev–Trinajstić information content (AvgIpc) is 3.16. The number of anilines is 1. The number of ether oxygens (including phenoxy) is 1. The molecular weight excluding hydrogens is 574 g/mol. The fraction of sp³-hybridized carbons (Fsp3) is 0.241. The minimum atomic E-state index is -0.689. The Morgan fingerprint density at radius 3 is 2.47 bits per heavy atom. The van der Waals surface area contributed by atoms with Crippen LogP contribution in [-0.4, -0.2) is 35.6 Å². The molecule has 0 spiro atoms. The number of allylic oxidation sites excluding steroid dienone is 6. The van der Waals surface area contributed by atoms with Crippen LogP contribution in [0.3, 0.4) is 0 Å². The lowest BCUT2D eigenvalue weighted by Crippen LogP contribution is -2.39. The van der Waals surface area contributed by atoms with E-state index in [1.54, 1.807) is 30.3 Å². The molecule has 38 heavy (non-hydrogen) atoms. The largest absolute Gasteiger partial charge is 0.508 e. The molecule has 2 aromatic rings. The van der Waals surface area contributed by atoms with Gasteiger partial charge in [-0.1, -0.05) is 29.3 Å². The summed E-state index contributed by atoms with van der Waals surface area (Å²) in [7, 11) is 1.46. The molecule has 9 heteroatoms. The topological polar surface area (TPSA) is 101 Å². The van der Waals surface area contributed by atoms with Gasteiger partial charge < -0.3 is 9.84 Å². The highest BCUT2D eigenvalue weighted by molar-refractivity contribution is 9.12. The molecule has 2 amide bonds. The first kappa shape index (κ1) is 24.8. The SMILES string of the molecule is COc1cc(O)ccc1[C@H]1C2=CC[C@@H]3C(=O)N(c4ccc(Cl)cc4)C(=O)[C@@H]3[C@@H]2CC2=C1C(=O)C=C(Br)C2=O. The zero-order chi connectivity index (χ0) is 26.9. The second-order valence-electron chi connectivity index (χ2n) is 9.81. The number of aromatic hydroxyl groups is 1. The van der Waals surface area contributed by atoms with Crippen molar-refractivity contribution in [2.24, 2.45) is 17.8 Å². The van der Waals surface area contributed by atoms with Crippen molar-refractivity contribution in [2.75, 3.05) is 12.0 Å². The number of halogens is 2. The summed E-state index contributed by atoms with van der Waals surface area (Å²) in [6, 6.07) is 11.2. The smallest absolute Gasteiger partial charge is 0.238 e. The van der Waals surface area contributed by atoms with E-state index in [2.05, 4.69) is 15.9 Å². The maximum Gasteiger partial charge on any atom is 0.238 e. The number of hydrogen-bond donors (Lipinski definition) is 1. The first-order chi connectivity index (χ1) is 18.2. The van der Waals surface area contributed by atoms with Gasteiger partial charge in [0.15, 0.2) is 11.6 Å². The number of Topliss-reactive ketones (excluding diaryl/α,β-unsaturated/α-hetero) is 1.